The molecule has 0 saturated heterocycles. The SMILES string of the molecule is Cn1c(CCOCC(F)F)nc2ccc(N)cc21. The molecule has 98 valence electrons. The molecule has 2 rings (SSSR count). The van der Waals surface area contributed by atoms with Gasteiger partial charge in [0.2, 0.25) is 0 Å². The molecule has 1 heterocycles. The summed E-state index contributed by atoms with van der Waals surface area (Å²) >= 11 is 0. The Bertz CT molecular complexity index is 539. The molecule has 0 aliphatic carbocycles. The van der Waals surface area contributed by atoms with Crippen molar-refractivity contribution in [2.45, 2.75) is 12.8 Å². The Kier molecular flexibility index (Phi) is 3.76. The van der Waals surface area contributed by atoms with Gasteiger partial charge >= 0.3 is 0 Å². The number of hydrogen-bond acceptors (Lipinski definition) is 3. The third-order valence-corrected chi connectivity index (χ3v) is 2.71. The van der Waals surface area contributed by atoms with E-state index >= 15 is 0 Å². The number of aryl methyl sites for hydroxylation is 1. The number of rotatable bonds is 5. The molecule has 0 aliphatic heterocycles. The number of nitrogens with two attached hydrogens (primary N) is 1. The lowest BCUT2D eigenvalue weighted by Crippen LogP contribution is -2.09. The molecule has 0 fully saturated rings. The smallest absolute Gasteiger partial charge is 0.261 e. The molecule has 1 aromatic carbocycles. The fourth-order valence-electron chi connectivity index (χ4n) is 1.82. The van der Waals surface area contributed by atoms with Crippen LogP contribution in [0.15, 0.2) is 18.2 Å². The minimum absolute atomic E-state index is 0.233. The number of alkyl halides is 2. The molecule has 0 spiro atoms. The Hall–Kier alpha value is -1.69. The van der Waals surface area contributed by atoms with Crippen molar-refractivity contribution in [3.8, 4) is 0 Å². The summed E-state index contributed by atoms with van der Waals surface area (Å²) in [7, 11) is 1.87. The van der Waals surface area contributed by atoms with Crippen molar-refractivity contribution in [2.75, 3.05) is 18.9 Å². The number of halogens is 2. The van der Waals surface area contributed by atoms with Gasteiger partial charge in [-0.25, -0.2) is 13.8 Å². The van der Waals surface area contributed by atoms with Gasteiger partial charge in [0, 0.05) is 19.2 Å². The Morgan fingerprint density at radius 2 is 2.22 bits per heavy atom. The van der Waals surface area contributed by atoms with Crippen LogP contribution in [0.5, 0.6) is 0 Å². The van der Waals surface area contributed by atoms with E-state index in [9.17, 15) is 8.78 Å². The zero-order valence-electron chi connectivity index (χ0n) is 10.1. The van der Waals surface area contributed by atoms with Crippen molar-refractivity contribution in [1.29, 1.82) is 0 Å². The highest BCUT2D eigenvalue weighted by atomic mass is 19.3. The van der Waals surface area contributed by atoms with Crippen LogP contribution in [-0.4, -0.2) is 29.2 Å². The first-order valence-electron chi connectivity index (χ1n) is 5.64. The number of aromatic nitrogens is 2. The number of imidazole rings is 1. The summed E-state index contributed by atoms with van der Waals surface area (Å²) < 4.78 is 30.5. The summed E-state index contributed by atoms with van der Waals surface area (Å²) in [5, 5.41) is 0. The van der Waals surface area contributed by atoms with Gasteiger partial charge in [0.05, 0.1) is 17.6 Å². The lowest BCUT2D eigenvalue weighted by molar-refractivity contribution is 0.0182. The van der Waals surface area contributed by atoms with Crippen LogP contribution in [-0.2, 0) is 18.2 Å². The third-order valence-electron chi connectivity index (χ3n) is 2.71. The molecular weight excluding hydrogens is 240 g/mol. The van der Waals surface area contributed by atoms with E-state index in [1.807, 2.05) is 23.7 Å². The Balaban J connectivity index is 2.07. The second-order valence-corrected chi connectivity index (χ2v) is 4.05. The molecule has 1 aromatic heterocycles. The summed E-state index contributed by atoms with van der Waals surface area (Å²) in [6.07, 6.45) is -1.93. The normalized spacial score (nSPS) is 11.6. The van der Waals surface area contributed by atoms with Gasteiger partial charge in [-0.05, 0) is 18.2 Å². The second kappa shape index (κ2) is 5.30. The molecule has 2 aromatic rings. The molecular formula is C12H15F2N3O. The standard InChI is InChI=1S/C12H15F2N3O/c1-17-10-6-8(15)2-3-9(10)16-12(17)4-5-18-7-11(13)14/h2-3,6,11H,4-5,7,15H2,1H3. The van der Waals surface area contributed by atoms with Crippen molar-refractivity contribution < 1.29 is 13.5 Å². The average molecular weight is 255 g/mol. The number of anilines is 1. The lowest BCUT2D eigenvalue weighted by atomic mass is 10.3. The Labute approximate surface area is 103 Å². The van der Waals surface area contributed by atoms with Crippen molar-refractivity contribution >= 4 is 16.7 Å². The molecule has 4 nitrogen and oxygen atoms in total. The topological polar surface area (TPSA) is 53.1 Å². The number of benzene rings is 1. The fourth-order valence-corrected chi connectivity index (χ4v) is 1.82. The molecule has 0 saturated carbocycles. The molecule has 6 heteroatoms. The zero-order chi connectivity index (χ0) is 13.1. The van der Waals surface area contributed by atoms with Crippen molar-refractivity contribution in [3.05, 3.63) is 24.0 Å². The lowest BCUT2D eigenvalue weighted by Gasteiger charge is -2.04. The first-order chi connectivity index (χ1) is 8.58. The first kappa shape index (κ1) is 12.8. The van der Waals surface area contributed by atoms with Crippen LogP contribution < -0.4 is 5.73 Å². The van der Waals surface area contributed by atoms with Crippen LogP contribution in [0.1, 0.15) is 5.82 Å². The van der Waals surface area contributed by atoms with Gasteiger partial charge in [0.15, 0.2) is 0 Å². The maximum Gasteiger partial charge on any atom is 0.261 e. The molecule has 0 radical (unpaired) electrons. The third kappa shape index (κ3) is 2.76. The van der Waals surface area contributed by atoms with Crippen LogP contribution in [0.2, 0.25) is 0 Å². The molecule has 0 bridgehead atoms. The number of hydrogen-bond donors (Lipinski definition) is 1. The quantitative estimate of drug-likeness (QED) is 0.656. The van der Waals surface area contributed by atoms with Crippen molar-refractivity contribution in [1.82, 2.24) is 9.55 Å². The number of fused-ring (bicyclic) bond motifs is 1. The summed E-state index contributed by atoms with van der Waals surface area (Å²) in [6, 6.07) is 5.46. The minimum atomic E-state index is -2.43. The maximum atomic E-state index is 11.9. The number of ether oxygens (including phenoxy) is 1. The van der Waals surface area contributed by atoms with E-state index in [0.717, 1.165) is 16.9 Å². The predicted octanol–water partition coefficient (Wildman–Crippen LogP) is 1.98. The van der Waals surface area contributed by atoms with E-state index in [0.29, 0.717) is 12.1 Å². The summed E-state index contributed by atoms with van der Waals surface area (Å²) in [4.78, 5) is 4.41. The monoisotopic (exact) mass is 255 g/mol. The van der Waals surface area contributed by atoms with Crippen LogP contribution in [0.25, 0.3) is 11.0 Å². The summed E-state index contributed by atoms with van der Waals surface area (Å²) in [5.41, 5.74) is 8.15. The van der Waals surface area contributed by atoms with E-state index in [1.165, 1.54) is 0 Å². The highest BCUT2D eigenvalue weighted by Crippen LogP contribution is 2.18. The van der Waals surface area contributed by atoms with Crippen molar-refractivity contribution in [3.63, 3.8) is 0 Å². The van der Waals surface area contributed by atoms with Crippen LogP contribution in [0.4, 0.5) is 14.5 Å². The molecule has 2 N–H and O–H groups in total. The van der Waals surface area contributed by atoms with E-state index in [4.69, 9.17) is 10.5 Å². The summed E-state index contributed by atoms with van der Waals surface area (Å²) in [5.74, 6) is 0.796. The highest BCUT2D eigenvalue weighted by molar-refractivity contribution is 5.79. The molecule has 18 heavy (non-hydrogen) atoms. The van der Waals surface area contributed by atoms with Crippen LogP contribution in [0.3, 0.4) is 0 Å². The van der Waals surface area contributed by atoms with E-state index < -0.39 is 13.0 Å². The predicted molar refractivity (Wildman–Crippen MR) is 65.7 cm³/mol. The first-order valence-corrected chi connectivity index (χ1v) is 5.64. The van der Waals surface area contributed by atoms with Gasteiger partial charge in [0.25, 0.3) is 6.43 Å². The van der Waals surface area contributed by atoms with Crippen LogP contribution in [0, 0.1) is 0 Å². The Morgan fingerprint density at radius 3 is 2.94 bits per heavy atom. The minimum Gasteiger partial charge on any atom is -0.399 e. The second-order valence-electron chi connectivity index (χ2n) is 4.05. The molecule has 0 amide bonds. The fraction of sp³-hybridized carbons (Fsp3) is 0.417. The molecule has 0 aliphatic rings. The van der Waals surface area contributed by atoms with Gasteiger partial charge in [0.1, 0.15) is 12.4 Å². The maximum absolute atomic E-state index is 11.9. The number of nitrogen functional groups attached to an aromatic ring is 1. The van der Waals surface area contributed by atoms with E-state index in [-0.39, 0.29) is 6.61 Å². The molecule has 0 unspecified atom stereocenters. The van der Waals surface area contributed by atoms with Gasteiger partial charge in [-0.1, -0.05) is 0 Å². The average Bonchev–Trinajstić information content (AvgIpc) is 2.62. The van der Waals surface area contributed by atoms with Gasteiger partial charge in [-0.15, -0.1) is 0 Å². The van der Waals surface area contributed by atoms with E-state index in [1.54, 1.807) is 6.07 Å². The van der Waals surface area contributed by atoms with E-state index in [2.05, 4.69) is 4.98 Å². The van der Waals surface area contributed by atoms with Crippen molar-refractivity contribution in [2.24, 2.45) is 7.05 Å². The van der Waals surface area contributed by atoms with Gasteiger partial charge in [-0.2, -0.15) is 0 Å². The van der Waals surface area contributed by atoms with Gasteiger partial charge < -0.3 is 15.0 Å². The zero-order valence-corrected chi connectivity index (χ0v) is 10.1. The van der Waals surface area contributed by atoms with Crippen LogP contribution >= 0.6 is 0 Å². The van der Waals surface area contributed by atoms with Gasteiger partial charge in [-0.3, -0.25) is 0 Å². The summed E-state index contributed by atoms with van der Waals surface area (Å²) in [6.45, 7) is -0.298. The largest absolute Gasteiger partial charge is 0.399 e. The Morgan fingerprint density at radius 1 is 1.44 bits per heavy atom. The number of nitrogens with zero attached hydrogens (tertiary/aromatic N) is 2. The molecule has 0 atom stereocenters. The highest BCUT2D eigenvalue weighted by Gasteiger charge is 2.08.